The van der Waals surface area contributed by atoms with Gasteiger partial charge in [-0.05, 0) is 50.1 Å². The average Bonchev–Trinajstić information content (AvgIpc) is 3.39. The molecule has 2 aromatic carbocycles. The van der Waals surface area contributed by atoms with Gasteiger partial charge in [-0.15, -0.1) is 10.2 Å². The number of anilines is 3. The van der Waals surface area contributed by atoms with Gasteiger partial charge in [-0.3, -0.25) is 19.6 Å². The molecule has 1 aliphatic rings. The molecule has 166 valence electrons. The molecular formula is C21H21N5O4S2. The van der Waals surface area contributed by atoms with E-state index in [0.717, 1.165) is 28.9 Å². The van der Waals surface area contributed by atoms with Crippen LogP contribution in [0.25, 0.3) is 0 Å². The SMILES string of the molecule is Cc1ccc(C(=O)Nc2nnc(S(=O)(=O)Nc3ccc(C)c(N4CCCC4=O)c3)s2)cc1. The fraction of sp³-hybridized carbons (Fsp3) is 0.238. The van der Waals surface area contributed by atoms with E-state index in [0.29, 0.717) is 29.9 Å². The third-order valence-electron chi connectivity index (χ3n) is 5.00. The Morgan fingerprint density at radius 2 is 1.84 bits per heavy atom. The van der Waals surface area contributed by atoms with Crippen molar-refractivity contribution in [3.8, 4) is 0 Å². The van der Waals surface area contributed by atoms with Crippen LogP contribution in [0.2, 0.25) is 0 Å². The molecule has 1 aromatic heterocycles. The monoisotopic (exact) mass is 471 g/mol. The first kappa shape index (κ1) is 21.9. The lowest BCUT2D eigenvalue weighted by Crippen LogP contribution is -2.24. The maximum Gasteiger partial charge on any atom is 0.291 e. The maximum absolute atomic E-state index is 12.8. The van der Waals surface area contributed by atoms with E-state index < -0.39 is 15.9 Å². The quantitative estimate of drug-likeness (QED) is 0.532. The van der Waals surface area contributed by atoms with Crippen LogP contribution >= 0.6 is 11.3 Å². The summed E-state index contributed by atoms with van der Waals surface area (Å²) in [7, 11) is -4.03. The number of nitrogens with one attached hydrogen (secondary N) is 2. The predicted molar refractivity (Wildman–Crippen MR) is 123 cm³/mol. The van der Waals surface area contributed by atoms with Gasteiger partial charge in [0.1, 0.15) is 0 Å². The summed E-state index contributed by atoms with van der Waals surface area (Å²) in [5, 5.41) is 10.1. The van der Waals surface area contributed by atoms with E-state index in [2.05, 4.69) is 20.2 Å². The molecule has 0 unspecified atom stereocenters. The second-order valence-corrected chi connectivity index (χ2v) is 10.3. The van der Waals surface area contributed by atoms with Gasteiger partial charge in [0.05, 0.1) is 5.69 Å². The fourth-order valence-corrected chi connectivity index (χ4v) is 5.25. The van der Waals surface area contributed by atoms with Crippen molar-refractivity contribution in [2.75, 3.05) is 21.5 Å². The number of benzene rings is 2. The lowest BCUT2D eigenvalue weighted by atomic mass is 10.1. The van der Waals surface area contributed by atoms with Gasteiger partial charge in [0, 0.05) is 24.2 Å². The summed E-state index contributed by atoms with van der Waals surface area (Å²) in [6.45, 7) is 4.39. The molecule has 1 aliphatic heterocycles. The van der Waals surface area contributed by atoms with Gasteiger partial charge in [0.2, 0.25) is 11.0 Å². The minimum absolute atomic E-state index is 0.0196. The number of nitrogens with zero attached hydrogens (tertiary/aromatic N) is 3. The van der Waals surface area contributed by atoms with Crippen molar-refractivity contribution in [1.82, 2.24) is 10.2 Å². The largest absolute Gasteiger partial charge is 0.312 e. The summed E-state index contributed by atoms with van der Waals surface area (Å²) in [5.41, 5.74) is 3.31. The van der Waals surface area contributed by atoms with Crippen LogP contribution < -0.4 is 14.9 Å². The highest BCUT2D eigenvalue weighted by molar-refractivity contribution is 7.94. The normalized spacial score (nSPS) is 13.9. The predicted octanol–water partition coefficient (Wildman–Crippen LogP) is 3.33. The number of aryl methyl sites for hydroxylation is 2. The third-order valence-corrected chi connectivity index (χ3v) is 7.58. The minimum atomic E-state index is -4.03. The Morgan fingerprint density at radius 3 is 2.53 bits per heavy atom. The lowest BCUT2D eigenvalue weighted by molar-refractivity contribution is -0.117. The van der Waals surface area contributed by atoms with Crippen LogP contribution in [0.15, 0.2) is 46.8 Å². The van der Waals surface area contributed by atoms with E-state index in [1.54, 1.807) is 47.4 Å². The molecule has 4 rings (SSSR count). The molecule has 0 atom stereocenters. The number of hydrogen-bond acceptors (Lipinski definition) is 7. The number of aromatic nitrogens is 2. The van der Waals surface area contributed by atoms with Gasteiger partial charge in [-0.1, -0.05) is 35.1 Å². The summed E-state index contributed by atoms with van der Waals surface area (Å²) >= 11 is 0.749. The zero-order valence-corrected chi connectivity index (χ0v) is 19.1. The van der Waals surface area contributed by atoms with Crippen molar-refractivity contribution >= 4 is 49.7 Å². The van der Waals surface area contributed by atoms with Crippen LogP contribution in [0.1, 0.15) is 34.3 Å². The summed E-state index contributed by atoms with van der Waals surface area (Å²) in [5.74, 6) is -0.386. The van der Waals surface area contributed by atoms with Crippen LogP contribution in [-0.2, 0) is 14.8 Å². The molecule has 11 heteroatoms. The number of carbonyl (C=O) groups excluding carboxylic acids is 2. The van der Waals surface area contributed by atoms with Gasteiger partial charge in [0.25, 0.3) is 20.3 Å². The standard InChI is InChI=1S/C21H21N5O4S2/c1-13-5-8-15(9-6-13)19(28)22-20-23-24-21(31-20)32(29,30)25-16-10-7-14(2)17(12-16)26-11-3-4-18(26)27/h5-10,12,25H,3-4,11H2,1-2H3,(H,22,23,28). The zero-order valence-electron chi connectivity index (χ0n) is 17.5. The van der Waals surface area contributed by atoms with Gasteiger partial charge >= 0.3 is 0 Å². The average molecular weight is 472 g/mol. The summed E-state index contributed by atoms with van der Waals surface area (Å²) < 4.78 is 27.8. The first-order chi connectivity index (χ1) is 15.2. The van der Waals surface area contributed by atoms with Crippen LogP contribution in [0.4, 0.5) is 16.5 Å². The molecule has 0 spiro atoms. The molecular weight excluding hydrogens is 450 g/mol. The van der Waals surface area contributed by atoms with Gasteiger partial charge in [0.15, 0.2) is 0 Å². The van der Waals surface area contributed by atoms with E-state index in [-0.39, 0.29) is 15.4 Å². The molecule has 2 heterocycles. The summed E-state index contributed by atoms with van der Waals surface area (Å²) in [6, 6.07) is 12.0. The highest BCUT2D eigenvalue weighted by Gasteiger charge is 2.25. The van der Waals surface area contributed by atoms with E-state index in [4.69, 9.17) is 0 Å². The van der Waals surface area contributed by atoms with Gasteiger partial charge in [-0.25, -0.2) is 0 Å². The fourth-order valence-electron chi connectivity index (χ4n) is 3.31. The molecule has 2 amide bonds. The Bertz CT molecular complexity index is 1290. The molecule has 0 aliphatic carbocycles. The number of amides is 2. The van der Waals surface area contributed by atoms with Crippen LogP contribution in [-0.4, -0.2) is 37.0 Å². The molecule has 1 saturated heterocycles. The smallest absolute Gasteiger partial charge is 0.291 e. The van der Waals surface area contributed by atoms with Crippen molar-refractivity contribution in [3.05, 3.63) is 59.2 Å². The number of rotatable bonds is 6. The third kappa shape index (κ3) is 4.63. The topological polar surface area (TPSA) is 121 Å². The van der Waals surface area contributed by atoms with Gasteiger partial charge in [-0.2, -0.15) is 8.42 Å². The molecule has 32 heavy (non-hydrogen) atoms. The molecule has 1 fully saturated rings. The van der Waals surface area contributed by atoms with Crippen LogP contribution in [0.5, 0.6) is 0 Å². The van der Waals surface area contributed by atoms with E-state index in [1.165, 1.54) is 0 Å². The van der Waals surface area contributed by atoms with E-state index in [9.17, 15) is 18.0 Å². The Hall–Kier alpha value is -3.31. The van der Waals surface area contributed by atoms with Crippen molar-refractivity contribution in [1.29, 1.82) is 0 Å². The first-order valence-electron chi connectivity index (χ1n) is 9.88. The number of hydrogen-bond donors (Lipinski definition) is 2. The molecule has 0 bridgehead atoms. The molecule has 0 radical (unpaired) electrons. The van der Waals surface area contributed by atoms with E-state index in [1.807, 2.05) is 13.8 Å². The Morgan fingerprint density at radius 1 is 1.09 bits per heavy atom. The number of carbonyl (C=O) groups is 2. The van der Waals surface area contributed by atoms with E-state index >= 15 is 0 Å². The van der Waals surface area contributed by atoms with Gasteiger partial charge < -0.3 is 4.90 Å². The summed E-state index contributed by atoms with van der Waals surface area (Å²) in [4.78, 5) is 26.1. The Balaban J connectivity index is 1.50. The minimum Gasteiger partial charge on any atom is -0.312 e. The molecule has 9 nitrogen and oxygen atoms in total. The number of sulfonamides is 1. The lowest BCUT2D eigenvalue weighted by Gasteiger charge is -2.19. The second-order valence-electron chi connectivity index (χ2n) is 7.45. The van der Waals surface area contributed by atoms with Crippen molar-refractivity contribution in [2.24, 2.45) is 0 Å². The zero-order chi connectivity index (χ0) is 22.9. The van der Waals surface area contributed by atoms with Crippen LogP contribution in [0.3, 0.4) is 0 Å². The highest BCUT2D eigenvalue weighted by Crippen LogP contribution is 2.30. The van der Waals surface area contributed by atoms with Crippen molar-refractivity contribution in [2.45, 2.75) is 31.0 Å². The molecule has 0 saturated carbocycles. The van der Waals surface area contributed by atoms with Crippen molar-refractivity contribution < 1.29 is 18.0 Å². The highest BCUT2D eigenvalue weighted by atomic mass is 32.2. The Labute approximate surface area is 189 Å². The molecule has 3 aromatic rings. The second kappa shape index (κ2) is 8.67. The first-order valence-corrected chi connectivity index (χ1v) is 12.2. The van der Waals surface area contributed by atoms with Crippen LogP contribution in [0, 0.1) is 13.8 Å². The summed E-state index contributed by atoms with van der Waals surface area (Å²) in [6.07, 6.45) is 1.26. The van der Waals surface area contributed by atoms with Crippen molar-refractivity contribution in [3.63, 3.8) is 0 Å². The maximum atomic E-state index is 12.8. The Kier molecular flexibility index (Phi) is 5.94. The molecule has 2 N–H and O–H groups in total.